The first-order valence-corrected chi connectivity index (χ1v) is 11.5. The number of nitrogens with one attached hydrogen (secondary N) is 1. The Kier molecular flexibility index (Phi) is 7.33. The van der Waals surface area contributed by atoms with Gasteiger partial charge in [-0.3, -0.25) is 9.10 Å². The molecule has 0 heterocycles. The monoisotopic (exact) mass is 450 g/mol. The van der Waals surface area contributed by atoms with E-state index in [4.69, 9.17) is 4.74 Å². The number of anilines is 2. The van der Waals surface area contributed by atoms with Crippen LogP contribution >= 0.6 is 0 Å². The summed E-state index contributed by atoms with van der Waals surface area (Å²) in [6.45, 7) is 7.38. The molecule has 0 aromatic heterocycles. The smallest absolute Gasteiger partial charge is 0.264 e. The molecule has 3 aromatic rings. The SMILES string of the molecule is C=CCOc1ccc(NC(=O)CN(c2ccc(C)cc2C)S(=O)(=O)c2ccccc2)cc1. The molecule has 0 radical (unpaired) electrons. The largest absolute Gasteiger partial charge is 0.490 e. The molecule has 166 valence electrons. The molecule has 0 aliphatic carbocycles. The van der Waals surface area contributed by atoms with E-state index >= 15 is 0 Å². The van der Waals surface area contributed by atoms with E-state index < -0.39 is 15.9 Å². The molecule has 1 N–H and O–H groups in total. The number of benzene rings is 3. The summed E-state index contributed by atoms with van der Waals surface area (Å²) >= 11 is 0. The molecule has 0 spiro atoms. The van der Waals surface area contributed by atoms with E-state index in [0.717, 1.165) is 15.4 Å². The van der Waals surface area contributed by atoms with Gasteiger partial charge >= 0.3 is 0 Å². The minimum Gasteiger partial charge on any atom is -0.490 e. The van der Waals surface area contributed by atoms with Crippen molar-refractivity contribution in [3.05, 3.63) is 96.6 Å². The third-order valence-corrected chi connectivity index (χ3v) is 6.52. The lowest BCUT2D eigenvalue weighted by Gasteiger charge is -2.26. The second kappa shape index (κ2) is 10.2. The van der Waals surface area contributed by atoms with Crippen LogP contribution < -0.4 is 14.4 Å². The molecular formula is C25H26N2O4S. The topological polar surface area (TPSA) is 75.7 Å². The number of hydrogen-bond acceptors (Lipinski definition) is 4. The van der Waals surface area contributed by atoms with Crippen molar-refractivity contribution in [3.63, 3.8) is 0 Å². The minimum absolute atomic E-state index is 0.122. The number of carbonyl (C=O) groups excluding carboxylic acids is 1. The standard InChI is InChI=1S/C25H26N2O4S/c1-4-16-31-22-13-11-21(12-14-22)26-25(28)18-27(24-15-10-19(2)17-20(24)3)32(29,30)23-8-6-5-7-9-23/h4-15,17H,1,16,18H2,2-3H3,(H,26,28). The average molecular weight is 451 g/mol. The Hall–Kier alpha value is -3.58. The van der Waals surface area contributed by atoms with Gasteiger partial charge in [0.2, 0.25) is 5.91 Å². The summed E-state index contributed by atoms with van der Waals surface area (Å²) in [7, 11) is -3.95. The highest BCUT2D eigenvalue weighted by Crippen LogP contribution is 2.27. The number of hydrogen-bond donors (Lipinski definition) is 1. The predicted molar refractivity (Wildman–Crippen MR) is 128 cm³/mol. The summed E-state index contributed by atoms with van der Waals surface area (Å²) in [4.78, 5) is 13.0. The third-order valence-electron chi connectivity index (χ3n) is 4.75. The van der Waals surface area contributed by atoms with E-state index in [0.29, 0.717) is 23.7 Å². The van der Waals surface area contributed by atoms with Gasteiger partial charge in [-0.25, -0.2) is 8.42 Å². The van der Waals surface area contributed by atoms with E-state index in [2.05, 4.69) is 11.9 Å². The second-order valence-electron chi connectivity index (χ2n) is 7.29. The zero-order valence-corrected chi connectivity index (χ0v) is 18.9. The van der Waals surface area contributed by atoms with Crippen molar-refractivity contribution in [3.8, 4) is 5.75 Å². The number of sulfonamides is 1. The van der Waals surface area contributed by atoms with Crippen LogP contribution in [0, 0.1) is 13.8 Å². The molecule has 3 aromatic carbocycles. The van der Waals surface area contributed by atoms with Gasteiger partial charge in [-0.15, -0.1) is 0 Å². The Morgan fingerprint density at radius 3 is 2.34 bits per heavy atom. The van der Waals surface area contributed by atoms with Gasteiger partial charge in [0, 0.05) is 5.69 Å². The summed E-state index contributed by atoms with van der Waals surface area (Å²) in [6, 6.07) is 20.4. The fraction of sp³-hybridized carbons (Fsp3) is 0.160. The Balaban J connectivity index is 1.87. The van der Waals surface area contributed by atoms with Gasteiger partial charge in [0.25, 0.3) is 10.0 Å². The van der Waals surface area contributed by atoms with Crippen LogP contribution in [0.25, 0.3) is 0 Å². The molecule has 0 aliphatic rings. The fourth-order valence-corrected chi connectivity index (χ4v) is 4.73. The Bertz CT molecular complexity index is 1190. The molecule has 0 atom stereocenters. The molecule has 1 amide bonds. The number of carbonyl (C=O) groups is 1. The van der Waals surface area contributed by atoms with Crippen LogP contribution in [0.1, 0.15) is 11.1 Å². The van der Waals surface area contributed by atoms with E-state index in [1.165, 1.54) is 12.1 Å². The highest BCUT2D eigenvalue weighted by atomic mass is 32.2. The van der Waals surface area contributed by atoms with Crippen LogP contribution in [0.15, 0.2) is 90.3 Å². The molecule has 3 rings (SSSR count). The number of ether oxygens (including phenoxy) is 1. The van der Waals surface area contributed by atoms with Crippen LogP contribution in [0.3, 0.4) is 0 Å². The Morgan fingerprint density at radius 2 is 1.72 bits per heavy atom. The second-order valence-corrected chi connectivity index (χ2v) is 9.15. The molecule has 0 bridgehead atoms. The Labute approximate surface area is 189 Å². The first-order valence-electron chi connectivity index (χ1n) is 10.1. The molecule has 0 saturated carbocycles. The quantitative estimate of drug-likeness (QED) is 0.480. The van der Waals surface area contributed by atoms with E-state index in [1.807, 2.05) is 26.0 Å². The van der Waals surface area contributed by atoms with Crippen LogP contribution in [-0.2, 0) is 14.8 Å². The van der Waals surface area contributed by atoms with Gasteiger partial charge in [0.1, 0.15) is 18.9 Å². The van der Waals surface area contributed by atoms with Crippen molar-refractivity contribution in [2.24, 2.45) is 0 Å². The summed E-state index contributed by atoms with van der Waals surface area (Å²) in [5, 5.41) is 2.76. The number of nitrogens with zero attached hydrogens (tertiary/aromatic N) is 1. The maximum Gasteiger partial charge on any atom is 0.264 e. The lowest BCUT2D eigenvalue weighted by atomic mass is 10.1. The lowest BCUT2D eigenvalue weighted by molar-refractivity contribution is -0.114. The van der Waals surface area contributed by atoms with Gasteiger partial charge in [-0.2, -0.15) is 0 Å². The minimum atomic E-state index is -3.95. The molecule has 6 nitrogen and oxygen atoms in total. The van der Waals surface area contributed by atoms with E-state index in [1.54, 1.807) is 54.6 Å². The third kappa shape index (κ3) is 5.56. The van der Waals surface area contributed by atoms with Crippen molar-refractivity contribution in [1.82, 2.24) is 0 Å². The first-order chi connectivity index (χ1) is 15.3. The van der Waals surface area contributed by atoms with Crippen molar-refractivity contribution < 1.29 is 17.9 Å². The van der Waals surface area contributed by atoms with Crippen molar-refractivity contribution in [2.45, 2.75) is 18.7 Å². The van der Waals surface area contributed by atoms with Gasteiger partial charge < -0.3 is 10.1 Å². The molecule has 7 heteroatoms. The summed E-state index contributed by atoms with van der Waals surface area (Å²) in [6.07, 6.45) is 1.64. The number of amides is 1. The van der Waals surface area contributed by atoms with Crippen molar-refractivity contribution in [1.29, 1.82) is 0 Å². The number of rotatable bonds is 9. The van der Waals surface area contributed by atoms with Crippen molar-refractivity contribution >= 4 is 27.3 Å². The van der Waals surface area contributed by atoms with Crippen LogP contribution in [-0.4, -0.2) is 27.5 Å². The molecule has 0 saturated heterocycles. The summed E-state index contributed by atoms with van der Waals surface area (Å²) in [5.41, 5.74) is 2.77. The van der Waals surface area contributed by atoms with E-state index in [-0.39, 0.29) is 11.4 Å². The zero-order valence-electron chi connectivity index (χ0n) is 18.1. The normalized spacial score (nSPS) is 10.9. The molecule has 0 aliphatic heterocycles. The maximum atomic E-state index is 13.4. The van der Waals surface area contributed by atoms with Crippen molar-refractivity contribution in [2.75, 3.05) is 22.8 Å². The van der Waals surface area contributed by atoms with Gasteiger partial charge in [-0.1, -0.05) is 48.6 Å². The maximum absolute atomic E-state index is 13.4. The molecule has 0 fully saturated rings. The summed E-state index contributed by atoms with van der Waals surface area (Å²) in [5.74, 6) is 0.190. The van der Waals surface area contributed by atoms with Gasteiger partial charge in [0.05, 0.1) is 10.6 Å². The molecule has 0 unspecified atom stereocenters. The lowest BCUT2D eigenvalue weighted by Crippen LogP contribution is -2.38. The predicted octanol–water partition coefficient (Wildman–Crippen LogP) is 4.70. The average Bonchev–Trinajstić information content (AvgIpc) is 2.78. The van der Waals surface area contributed by atoms with Crippen LogP contribution in [0.2, 0.25) is 0 Å². The summed E-state index contributed by atoms with van der Waals surface area (Å²) < 4.78 is 33.4. The number of aryl methyl sites for hydroxylation is 2. The van der Waals surface area contributed by atoms with Gasteiger partial charge in [-0.05, 0) is 61.9 Å². The highest BCUT2D eigenvalue weighted by Gasteiger charge is 2.28. The van der Waals surface area contributed by atoms with Crippen LogP contribution in [0.4, 0.5) is 11.4 Å². The Morgan fingerprint density at radius 1 is 1.03 bits per heavy atom. The highest BCUT2D eigenvalue weighted by molar-refractivity contribution is 7.92. The molecule has 32 heavy (non-hydrogen) atoms. The fourth-order valence-electron chi connectivity index (χ4n) is 3.23. The van der Waals surface area contributed by atoms with E-state index in [9.17, 15) is 13.2 Å². The van der Waals surface area contributed by atoms with Gasteiger partial charge in [0.15, 0.2) is 0 Å². The zero-order chi connectivity index (χ0) is 23.1. The van der Waals surface area contributed by atoms with Crippen LogP contribution in [0.5, 0.6) is 5.75 Å². The first kappa shape index (κ1) is 23.1. The molecular weight excluding hydrogens is 424 g/mol.